The molecule has 1 aromatic heterocycles. The zero-order chi connectivity index (χ0) is 5.11. The number of thioether (sulfide) groups is 1. The van der Waals surface area contributed by atoms with E-state index < -0.39 is 0 Å². The van der Waals surface area contributed by atoms with Gasteiger partial charge in [0.1, 0.15) is 0 Å². The predicted molar refractivity (Wildman–Crippen MR) is 34.9 cm³/mol. The van der Waals surface area contributed by atoms with Gasteiger partial charge in [0.05, 0.1) is 4.21 Å². The highest BCUT2D eigenvalue weighted by molar-refractivity contribution is 8.00. The van der Waals surface area contributed by atoms with Crippen LogP contribution in [0.5, 0.6) is 0 Å². The summed E-state index contributed by atoms with van der Waals surface area (Å²) in [5.41, 5.74) is 0. The fourth-order valence-corrected chi connectivity index (χ4v) is 1.47. The van der Waals surface area contributed by atoms with Crippen molar-refractivity contribution in [3.63, 3.8) is 0 Å². The molecule has 0 aliphatic carbocycles. The molecule has 2 heteroatoms. The molecule has 0 aliphatic heterocycles. The van der Waals surface area contributed by atoms with Crippen molar-refractivity contribution in [1.29, 1.82) is 0 Å². The molecular weight excluding hydrogens is 124 g/mol. The van der Waals surface area contributed by atoms with Gasteiger partial charge in [0.2, 0.25) is 0 Å². The van der Waals surface area contributed by atoms with E-state index >= 15 is 0 Å². The van der Waals surface area contributed by atoms with Gasteiger partial charge >= 0.3 is 0 Å². The van der Waals surface area contributed by atoms with E-state index in [2.05, 4.69) is 12.3 Å². The van der Waals surface area contributed by atoms with Gasteiger partial charge < -0.3 is 0 Å². The Balaban J connectivity index is 2.76. The highest BCUT2D eigenvalue weighted by atomic mass is 32.2. The van der Waals surface area contributed by atoms with Crippen LogP contribution in [0.4, 0.5) is 0 Å². The van der Waals surface area contributed by atoms with Gasteiger partial charge in [-0.25, -0.2) is 0 Å². The van der Waals surface area contributed by atoms with Crippen LogP contribution in [0.3, 0.4) is 0 Å². The number of hydrogen-bond donors (Lipinski definition) is 0. The van der Waals surface area contributed by atoms with Crippen LogP contribution in [0.1, 0.15) is 0 Å². The van der Waals surface area contributed by atoms with Crippen molar-refractivity contribution in [3.05, 3.63) is 17.5 Å². The summed E-state index contributed by atoms with van der Waals surface area (Å²) in [5, 5.41) is 2.03. The molecule has 0 nitrogen and oxygen atoms in total. The minimum atomic E-state index is 1.26. The minimum Gasteiger partial charge on any atom is -0.137 e. The van der Waals surface area contributed by atoms with E-state index in [1.165, 1.54) is 4.21 Å². The molecule has 0 unspecified atom stereocenters. The fourth-order valence-electron chi connectivity index (χ4n) is 0.339. The van der Waals surface area contributed by atoms with Crippen molar-refractivity contribution in [2.24, 2.45) is 0 Å². The van der Waals surface area contributed by atoms with E-state index in [0.717, 1.165) is 0 Å². The van der Waals surface area contributed by atoms with Crippen LogP contribution in [-0.4, -0.2) is 6.26 Å². The van der Waals surface area contributed by atoms with Gasteiger partial charge in [-0.05, 0) is 17.7 Å². The fraction of sp³-hybridized carbons (Fsp3) is 0.200. The smallest absolute Gasteiger partial charge is 0.0675 e. The van der Waals surface area contributed by atoms with Crippen molar-refractivity contribution < 1.29 is 0 Å². The SMILES string of the molecule is CSc1[c]ccs1. The summed E-state index contributed by atoms with van der Waals surface area (Å²) in [5.74, 6) is 0. The Labute approximate surface area is 51.6 Å². The Morgan fingerprint density at radius 3 is 3.00 bits per heavy atom. The lowest BCUT2D eigenvalue weighted by Gasteiger charge is -1.77. The molecule has 1 radical (unpaired) electrons. The molecule has 0 saturated heterocycles. The van der Waals surface area contributed by atoms with Crippen LogP contribution >= 0.6 is 23.1 Å². The summed E-state index contributed by atoms with van der Waals surface area (Å²) in [6.07, 6.45) is 2.06. The molecule has 0 aromatic carbocycles. The zero-order valence-electron chi connectivity index (χ0n) is 3.97. The standard InChI is InChI=1S/C5H5S2/c1-6-5-3-2-4-7-5/h2,4H,1H3. The van der Waals surface area contributed by atoms with Crippen LogP contribution in [0.25, 0.3) is 0 Å². The topological polar surface area (TPSA) is 0 Å². The molecule has 0 N–H and O–H groups in total. The van der Waals surface area contributed by atoms with E-state index in [1.807, 2.05) is 11.4 Å². The first-order valence-electron chi connectivity index (χ1n) is 1.92. The maximum absolute atomic E-state index is 3.07. The third kappa shape index (κ3) is 1.21. The van der Waals surface area contributed by atoms with Gasteiger partial charge in [0.15, 0.2) is 0 Å². The molecule has 0 aliphatic rings. The molecule has 1 aromatic rings. The van der Waals surface area contributed by atoms with Crippen LogP contribution < -0.4 is 0 Å². The molecule has 0 bridgehead atoms. The highest BCUT2D eigenvalue weighted by Gasteiger charge is 1.84. The molecule has 0 amide bonds. The van der Waals surface area contributed by atoms with Crippen LogP contribution in [0, 0.1) is 6.07 Å². The Morgan fingerprint density at radius 1 is 1.86 bits per heavy atom. The third-order valence-electron chi connectivity index (χ3n) is 0.630. The first kappa shape index (κ1) is 5.19. The highest BCUT2D eigenvalue weighted by Crippen LogP contribution is 2.18. The molecule has 0 spiro atoms. The molecule has 1 rings (SSSR count). The summed E-state index contributed by atoms with van der Waals surface area (Å²) >= 11 is 3.47. The molecule has 0 atom stereocenters. The zero-order valence-corrected chi connectivity index (χ0v) is 5.60. The second kappa shape index (κ2) is 2.38. The molecule has 0 saturated carbocycles. The van der Waals surface area contributed by atoms with Crippen molar-refractivity contribution in [2.75, 3.05) is 6.26 Å². The summed E-state index contributed by atoms with van der Waals surface area (Å²) < 4.78 is 1.26. The second-order valence-corrected chi connectivity index (χ2v) is 3.05. The van der Waals surface area contributed by atoms with Gasteiger partial charge in [-0.3, -0.25) is 0 Å². The Bertz CT molecular complexity index is 121. The molecule has 1 heterocycles. The van der Waals surface area contributed by atoms with Crippen LogP contribution in [-0.2, 0) is 0 Å². The van der Waals surface area contributed by atoms with Gasteiger partial charge in [0.25, 0.3) is 0 Å². The lowest BCUT2D eigenvalue weighted by molar-refractivity contribution is 1.71. The van der Waals surface area contributed by atoms with E-state index in [0.29, 0.717) is 0 Å². The number of thiophene rings is 1. The predicted octanol–water partition coefficient (Wildman–Crippen LogP) is 2.27. The Kier molecular flexibility index (Phi) is 1.77. The van der Waals surface area contributed by atoms with Gasteiger partial charge in [0, 0.05) is 6.07 Å². The maximum Gasteiger partial charge on any atom is 0.0675 e. The van der Waals surface area contributed by atoms with E-state index in [9.17, 15) is 0 Å². The van der Waals surface area contributed by atoms with E-state index in [-0.39, 0.29) is 0 Å². The van der Waals surface area contributed by atoms with Crippen LogP contribution in [0.15, 0.2) is 15.7 Å². The Morgan fingerprint density at radius 2 is 2.71 bits per heavy atom. The average molecular weight is 129 g/mol. The van der Waals surface area contributed by atoms with Crippen molar-refractivity contribution in [3.8, 4) is 0 Å². The van der Waals surface area contributed by atoms with Crippen molar-refractivity contribution in [2.45, 2.75) is 4.21 Å². The normalized spacial score (nSPS) is 9.29. The van der Waals surface area contributed by atoms with Gasteiger partial charge in [-0.1, -0.05) is 0 Å². The summed E-state index contributed by atoms with van der Waals surface area (Å²) in [6, 6.07) is 5.01. The van der Waals surface area contributed by atoms with Crippen LogP contribution in [0.2, 0.25) is 0 Å². The van der Waals surface area contributed by atoms with Crippen molar-refractivity contribution in [1.82, 2.24) is 0 Å². The third-order valence-corrected chi connectivity index (χ3v) is 2.51. The van der Waals surface area contributed by atoms with Gasteiger partial charge in [-0.2, -0.15) is 0 Å². The lowest BCUT2D eigenvalue weighted by Crippen LogP contribution is -1.47. The van der Waals surface area contributed by atoms with E-state index in [4.69, 9.17) is 0 Å². The number of rotatable bonds is 1. The van der Waals surface area contributed by atoms with Crippen molar-refractivity contribution >= 4 is 23.1 Å². The average Bonchev–Trinajstić information content (AvgIpc) is 2.14. The largest absolute Gasteiger partial charge is 0.137 e. The summed E-state index contributed by atoms with van der Waals surface area (Å²) in [7, 11) is 0. The number of hydrogen-bond acceptors (Lipinski definition) is 2. The molecule has 37 valence electrons. The summed E-state index contributed by atoms with van der Waals surface area (Å²) in [4.78, 5) is 0. The van der Waals surface area contributed by atoms with E-state index in [1.54, 1.807) is 23.1 Å². The summed E-state index contributed by atoms with van der Waals surface area (Å²) in [6.45, 7) is 0. The molecule has 0 fully saturated rings. The lowest BCUT2D eigenvalue weighted by atomic mass is 10.7. The monoisotopic (exact) mass is 129 g/mol. The first-order chi connectivity index (χ1) is 3.43. The second-order valence-electron chi connectivity index (χ2n) is 1.06. The maximum atomic E-state index is 3.07. The quantitative estimate of drug-likeness (QED) is 0.524. The molecule has 7 heavy (non-hydrogen) atoms. The van der Waals surface area contributed by atoms with Gasteiger partial charge in [-0.15, -0.1) is 23.1 Å². The molecular formula is C5H5S2. The Hall–Kier alpha value is 0.0500. The minimum absolute atomic E-state index is 1.26. The first-order valence-corrected chi connectivity index (χ1v) is 4.03.